The molecule has 0 atom stereocenters. The molecule has 94 valence electrons. The Labute approximate surface area is 106 Å². The van der Waals surface area contributed by atoms with Gasteiger partial charge in [0.15, 0.2) is 0 Å². The zero-order valence-electron chi connectivity index (χ0n) is 10.4. The molecular formula is C14H16N2O2. The van der Waals surface area contributed by atoms with Crippen LogP contribution in [0.2, 0.25) is 0 Å². The number of nitrogens with zero attached hydrogens (tertiary/aromatic N) is 2. The van der Waals surface area contributed by atoms with E-state index in [2.05, 4.69) is 0 Å². The molecule has 0 bridgehead atoms. The number of rotatable bonds is 3. The fourth-order valence-electron chi connectivity index (χ4n) is 1.74. The van der Waals surface area contributed by atoms with Crippen LogP contribution in [0.1, 0.15) is 0 Å². The fraction of sp³-hybridized carbons (Fsp3) is 0.143. The van der Waals surface area contributed by atoms with Crippen LogP contribution in [0.4, 0.5) is 11.4 Å². The van der Waals surface area contributed by atoms with E-state index in [0.29, 0.717) is 5.69 Å². The Bertz CT molecular complexity index is 455. The Morgan fingerprint density at radius 3 is 1.39 bits per heavy atom. The molecule has 0 saturated carbocycles. The molecule has 0 radical (unpaired) electrons. The molecule has 0 aliphatic rings. The summed E-state index contributed by atoms with van der Waals surface area (Å²) in [6.45, 7) is 0. The highest BCUT2D eigenvalue weighted by Gasteiger charge is 2.02. The molecular weight excluding hydrogens is 228 g/mol. The Morgan fingerprint density at radius 1 is 0.667 bits per heavy atom. The molecule has 2 rings (SSSR count). The normalized spacial score (nSPS) is 10.2. The van der Waals surface area contributed by atoms with Gasteiger partial charge in [0.05, 0.1) is 5.69 Å². The van der Waals surface area contributed by atoms with Crippen LogP contribution in [0, 0.1) is 0 Å². The zero-order chi connectivity index (χ0) is 13.1. The summed E-state index contributed by atoms with van der Waals surface area (Å²) in [6, 6.07) is 15.2. The van der Waals surface area contributed by atoms with E-state index >= 15 is 0 Å². The third kappa shape index (κ3) is 2.61. The molecule has 2 N–H and O–H groups in total. The second kappa shape index (κ2) is 5.08. The van der Waals surface area contributed by atoms with Gasteiger partial charge in [0.25, 0.3) is 0 Å². The Kier molecular flexibility index (Phi) is 3.50. The lowest BCUT2D eigenvalue weighted by molar-refractivity contribution is 0.0292. The van der Waals surface area contributed by atoms with Crippen molar-refractivity contribution in [3.8, 4) is 11.1 Å². The van der Waals surface area contributed by atoms with Crippen molar-refractivity contribution in [2.45, 2.75) is 0 Å². The highest BCUT2D eigenvalue weighted by molar-refractivity contribution is 5.68. The molecule has 4 nitrogen and oxygen atoms in total. The predicted octanol–water partition coefficient (Wildman–Crippen LogP) is 3.00. The summed E-state index contributed by atoms with van der Waals surface area (Å²) in [6.07, 6.45) is 0. The minimum Gasteiger partial charge on any atom is -0.378 e. The maximum Gasteiger partial charge on any atom is 0.0943 e. The van der Waals surface area contributed by atoms with Crippen molar-refractivity contribution < 1.29 is 10.4 Å². The minimum atomic E-state index is 0.110. The summed E-state index contributed by atoms with van der Waals surface area (Å²) in [5, 5.41) is 17.8. The molecule has 2 aromatic rings. The van der Waals surface area contributed by atoms with Gasteiger partial charge in [-0.15, -0.1) is 5.23 Å². The quantitative estimate of drug-likeness (QED) is 0.815. The molecule has 0 amide bonds. The number of hydrogen-bond acceptors (Lipinski definition) is 4. The van der Waals surface area contributed by atoms with E-state index in [1.54, 1.807) is 12.1 Å². The van der Waals surface area contributed by atoms with Crippen molar-refractivity contribution in [2.75, 3.05) is 24.2 Å². The lowest BCUT2D eigenvalue weighted by atomic mass is 10.0. The third-order valence-electron chi connectivity index (χ3n) is 2.82. The largest absolute Gasteiger partial charge is 0.378 e. The number of anilines is 2. The maximum atomic E-state index is 8.87. The zero-order valence-corrected chi connectivity index (χ0v) is 10.4. The van der Waals surface area contributed by atoms with Crippen molar-refractivity contribution in [1.29, 1.82) is 0 Å². The van der Waals surface area contributed by atoms with Gasteiger partial charge < -0.3 is 4.90 Å². The van der Waals surface area contributed by atoms with E-state index in [-0.39, 0.29) is 5.23 Å². The molecule has 0 aliphatic carbocycles. The molecule has 0 spiro atoms. The van der Waals surface area contributed by atoms with Crippen LogP contribution in [0.25, 0.3) is 11.1 Å². The van der Waals surface area contributed by atoms with Crippen molar-refractivity contribution in [1.82, 2.24) is 0 Å². The van der Waals surface area contributed by atoms with Crippen LogP contribution in [0.3, 0.4) is 0 Å². The summed E-state index contributed by atoms with van der Waals surface area (Å²) in [5.74, 6) is 0. The summed E-state index contributed by atoms with van der Waals surface area (Å²) in [7, 11) is 4.00. The van der Waals surface area contributed by atoms with E-state index in [1.807, 2.05) is 55.4 Å². The number of benzene rings is 2. The van der Waals surface area contributed by atoms with Gasteiger partial charge in [-0.1, -0.05) is 24.3 Å². The lowest BCUT2D eigenvalue weighted by Gasteiger charge is -2.13. The summed E-state index contributed by atoms with van der Waals surface area (Å²) in [4.78, 5) is 2.04. The van der Waals surface area contributed by atoms with Crippen LogP contribution < -0.4 is 10.1 Å². The first kappa shape index (κ1) is 12.4. The Balaban J connectivity index is 2.25. The molecule has 0 aromatic heterocycles. The van der Waals surface area contributed by atoms with Crippen molar-refractivity contribution in [2.24, 2.45) is 0 Å². The third-order valence-corrected chi connectivity index (χ3v) is 2.82. The summed E-state index contributed by atoms with van der Waals surface area (Å²) >= 11 is 0. The van der Waals surface area contributed by atoms with E-state index in [4.69, 9.17) is 10.4 Å². The van der Waals surface area contributed by atoms with Gasteiger partial charge >= 0.3 is 0 Å². The van der Waals surface area contributed by atoms with Crippen molar-refractivity contribution in [3.63, 3.8) is 0 Å². The standard InChI is InChI=1S/C14H16N2O2/c1-15(2)13-7-3-11(4-8-13)12-5-9-14(10-6-12)16(17)18/h3-10,17-18H,1-2H3. The van der Waals surface area contributed by atoms with Crippen LogP contribution in [0.15, 0.2) is 48.5 Å². The average molecular weight is 244 g/mol. The smallest absolute Gasteiger partial charge is 0.0943 e. The minimum absolute atomic E-state index is 0.110. The molecule has 4 heteroatoms. The topological polar surface area (TPSA) is 46.9 Å². The van der Waals surface area contributed by atoms with Crippen LogP contribution >= 0.6 is 0 Å². The molecule has 0 fully saturated rings. The van der Waals surface area contributed by atoms with Gasteiger partial charge in [-0.3, -0.25) is 10.4 Å². The first-order valence-corrected chi connectivity index (χ1v) is 5.63. The predicted molar refractivity (Wildman–Crippen MR) is 72.3 cm³/mol. The van der Waals surface area contributed by atoms with Crippen molar-refractivity contribution in [3.05, 3.63) is 48.5 Å². The molecule has 2 aromatic carbocycles. The second-order valence-corrected chi connectivity index (χ2v) is 4.28. The van der Waals surface area contributed by atoms with Crippen molar-refractivity contribution >= 4 is 11.4 Å². The second-order valence-electron chi connectivity index (χ2n) is 4.28. The van der Waals surface area contributed by atoms with Crippen LogP contribution in [0.5, 0.6) is 0 Å². The Morgan fingerprint density at radius 2 is 1.06 bits per heavy atom. The monoisotopic (exact) mass is 244 g/mol. The molecule has 18 heavy (non-hydrogen) atoms. The van der Waals surface area contributed by atoms with Gasteiger partial charge in [0.1, 0.15) is 0 Å². The molecule has 0 heterocycles. The van der Waals surface area contributed by atoms with Gasteiger partial charge in [0.2, 0.25) is 0 Å². The Hall–Kier alpha value is -2.04. The van der Waals surface area contributed by atoms with E-state index in [0.717, 1.165) is 16.8 Å². The van der Waals surface area contributed by atoms with E-state index in [1.165, 1.54) is 0 Å². The van der Waals surface area contributed by atoms with Gasteiger partial charge in [-0.25, -0.2) is 0 Å². The summed E-state index contributed by atoms with van der Waals surface area (Å²) < 4.78 is 0. The highest BCUT2D eigenvalue weighted by Crippen LogP contribution is 2.24. The molecule has 0 unspecified atom stereocenters. The van der Waals surface area contributed by atoms with Gasteiger partial charge in [0, 0.05) is 19.8 Å². The van der Waals surface area contributed by atoms with Crippen LogP contribution in [-0.2, 0) is 0 Å². The lowest BCUT2D eigenvalue weighted by Crippen LogP contribution is -2.10. The van der Waals surface area contributed by atoms with Gasteiger partial charge in [-0.2, -0.15) is 0 Å². The van der Waals surface area contributed by atoms with E-state index < -0.39 is 0 Å². The first-order chi connectivity index (χ1) is 8.58. The molecule has 0 aliphatic heterocycles. The van der Waals surface area contributed by atoms with Gasteiger partial charge in [-0.05, 0) is 35.4 Å². The highest BCUT2D eigenvalue weighted by atomic mass is 16.8. The number of hydrogen-bond donors (Lipinski definition) is 2. The SMILES string of the molecule is CN(C)c1ccc(-c2ccc(N(O)O)cc2)cc1. The van der Waals surface area contributed by atoms with Crippen LogP contribution in [-0.4, -0.2) is 24.5 Å². The fourth-order valence-corrected chi connectivity index (χ4v) is 1.74. The molecule has 0 saturated heterocycles. The summed E-state index contributed by atoms with van der Waals surface area (Å²) in [5.41, 5.74) is 3.61. The average Bonchev–Trinajstić information content (AvgIpc) is 2.39. The first-order valence-electron chi connectivity index (χ1n) is 5.63. The maximum absolute atomic E-state index is 8.87. The van der Waals surface area contributed by atoms with E-state index in [9.17, 15) is 0 Å².